The number of piperazine rings is 1. The molecule has 2 N–H and O–H groups in total. The molecule has 1 aliphatic rings. The predicted octanol–water partition coefficient (Wildman–Crippen LogP) is 4.53. The molecule has 1 amide bonds. The summed E-state index contributed by atoms with van der Waals surface area (Å²) in [6, 6.07) is 10.2. The lowest BCUT2D eigenvalue weighted by atomic mass is 10.2. The van der Waals surface area contributed by atoms with Gasteiger partial charge in [0.25, 0.3) is 5.91 Å². The maximum absolute atomic E-state index is 12.5. The topological polar surface area (TPSA) is 47.6 Å². The van der Waals surface area contributed by atoms with E-state index in [1.165, 1.54) is 6.07 Å². The summed E-state index contributed by atoms with van der Waals surface area (Å²) >= 11 is 23.8. The highest BCUT2D eigenvalue weighted by Crippen LogP contribution is 2.34. The van der Waals surface area contributed by atoms with E-state index in [-0.39, 0.29) is 10.7 Å². The van der Waals surface area contributed by atoms with Gasteiger partial charge in [0.15, 0.2) is 5.11 Å². The first-order valence-corrected chi connectivity index (χ1v) is 10.2. The number of rotatable bonds is 3. The lowest BCUT2D eigenvalue weighted by Crippen LogP contribution is -2.45. The Morgan fingerprint density at radius 3 is 2.46 bits per heavy atom. The number of para-hydroxylation sites is 1. The van der Waals surface area contributed by atoms with E-state index in [1.807, 2.05) is 18.2 Å². The van der Waals surface area contributed by atoms with Crippen LogP contribution < -0.4 is 15.5 Å². The van der Waals surface area contributed by atoms with Crippen molar-refractivity contribution in [2.24, 2.45) is 0 Å². The molecule has 2 aromatic carbocycles. The first-order chi connectivity index (χ1) is 13.3. The van der Waals surface area contributed by atoms with Gasteiger partial charge in [-0.05, 0) is 49.6 Å². The van der Waals surface area contributed by atoms with Gasteiger partial charge in [0, 0.05) is 31.2 Å². The summed E-state index contributed by atoms with van der Waals surface area (Å²) in [5.41, 5.74) is 1.86. The molecule has 0 spiro atoms. The van der Waals surface area contributed by atoms with E-state index in [1.54, 1.807) is 12.1 Å². The maximum atomic E-state index is 12.5. The second kappa shape index (κ2) is 9.29. The molecule has 1 saturated heterocycles. The van der Waals surface area contributed by atoms with Gasteiger partial charge in [0.1, 0.15) is 0 Å². The van der Waals surface area contributed by atoms with Gasteiger partial charge in [-0.2, -0.15) is 0 Å². The average molecular weight is 458 g/mol. The van der Waals surface area contributed by atoms with Crippen molar-refractivity contribution < 1.29 is 4.79 Å². The summed E-state index contributed by atoms with van der Waals surface area (Å²) in [6.45, 7) is 3.59. The van der Waals surface area contributed by atoms with E-state index in [4.69, 9.17) is 47.0 Å². The number of hydrogen-bond acceptors (Lipinski definition) is 4. The highest BCUT2D eigenvalue weighted by Gasteiger charge is 2.20. The summed E-state index contributed by atoms with van der Waals surface area (Å²) in [5, 5.41) is 7.21. The fourth-order valence-electron chi connectivity index (χ4n) is 2.96. The van der Waals surface area contributed by atoms with Crippen LogP contribution >= 0.6 is 47.0 Å². The van der Waals surface area contributed by atoms with E-state index >= 15 is 0 Å². The van der Waals surface area contributed by atoms with E-state index in [2.05, 4.69) is 27.5 Å². The summed E-state index contributed by atoms with van der Waals surface area (Å²) in [5.74, 6) is -0.437. The Bertz CT molecular complexity index is 901. The van der Waals surface area contributed by atoms with Gasteiger partial charge >= 0.3 is 0 Å². The van der Waals surface area contributed by atoms with Crippen LogP contribution in [0.2, 0.25) is 15.1 Å². The zero-order chi connectivity index (χ0) is 20.3. The Balaban J connectivity index is 1.74. The van der Waals surface area contributed by atoms with Gasteiger partial charge in [-0.25, -0.2) is 0 Å². The molecule has 2 aromatic rings. The van der Waals surface area contributed by atoms with Crippen molar-refractivity contribution in [2.45, 2.75) is 0 Å². The third kappa shape index (κ3) is 5.07. The molecule has 1 heterocycles. The molecule has 0 unspecified atom stereocenters. The van der Waals surface area contributed by atoms with Crippen LogP contribution in [0.4, 0.5) is 11.4 Å². The zero-order valence-corrected chi connectivity index (χ0v) is 18.2. The Kier molecular flexibility index (Phi) is 7.01. The third-order valence-electron chi connectivity index (χ3n) is 4.45. The number of amides is 1. The quantitative estimate of drug-likeness (QED) is 0.663. The monoisotopic (exact) mass is 456 g/mol. The summed E-state index contributed by atoms with van der Waals surface area (Å²) in [7, 11) is 2.09. The minimum Gasteiger partial charge on any atom is -0.366 e. The lowest BCUT2D eigenvalue weighted by molar-refractivity contribution is 0.0978. The van der Waals surface area contributed by atoms with Crippen LogP contribution in [-0.4, -0.2) is 49.1 Å². The molecule has 0 atom stereocenters. The number of carbonyl (C=O) groups is 1. The fraction of sp³-hybridized carbons (Fsp3) is 0.263. The number of benzene rings is 2. The number of halogens is 3. The molecule has 0 aliphatic carbocycles. The second-order valence-corrected chi connectivity index (χ2v) is 8.12. The van der Waals surface area contributed by atoms with Crippen LogP contribution in [0.25, 0.3) is 0 Å². The van der Waals surface area contributed by atoms with E-state index in [0.717, 1.165) is 37.6 Å². The summed E-state index contributed by atoms with van der Waals surface area (Å²) in [4.78, 5) is 17.0. The number of anilines is 2. The number of hydrogen-bond donors (Lipinski definition) is 2. The molecule has 0 radical (unpaired) electrons. The highest BCUT2D eigenvalue weighted by atomic mass is 35.5. The molecular formula is C19H19Cl3N4OS. The molecule has 0 bridgehead atoms. The second-order valence-electron chi connectivity index (χ2n) is 6.46. The Labute approximate surface area is 184 Å². The molecule has 0 aromatic heterocycles. The van der Waals surface area contributed by atoms with Crippen molar-refractivity contribution in [1.82, 2.24) is 10.2 Å². The molecular weight excluding hydrogens is 439 g/mol. The van der Waals surface area contributed by atoms with Gasteiger partial charge in [-0.1, -0.05) is 40.9 Å². The van der Waals surface area contributed by atoms with Crippen LogP contribution in [0.1, 0.15) is 10.4 Å². The SMILES string of the molecule is CN1CCN(c2c(Cl)cccc2NC(=S)NC(=O)c2cc(Cl)ccc2Cl)CC1. The Morgan fingerprint density at radius 1 is 1.04 bits per heavy atom. The standard InChI is InChI=1S/C19H19Cl3N4OS/c1-25-7-9-26(10-8-25)17-15(22)3-2-4-16(17)23-19(28)24-18(27)13-11-12(20)5-6-14(13)21/h2-6,11H,7-10H2,1H3,(H2,23,24,27,28). The van der Waals surface area contributed by atoms with Crippen molar-refractivity contribution in [3.63, 3.8) is 0 Å². The van der Waals surface area contributed by atoms with Crippen LogP contribution in [-0.2, 0) is 0 Å². The van der Waals surface area contributed by atoms with Gasteiger partial charge in [0.2, 0.25) is 0 Å². The Morgan fingerprint density at radius 2 is 1.75 bits per heavy atom. The van der Waals surface area contributed by atoms with Gasteiger partial charge < -0.3 is 15.1 Å². The first-order valence-electron chi connectivity index (χ1n) is 8.64. The van der Waals surface area contributed by atoms with Gasteiger partial charge in [-0.3, -0.25) is 10.1 Å². The third-order valence-corrected chi connectivity index (χ3v) is 5.53. The molecule has 1 aliphatic heterocycles. The van der Waals surface area contributed by atoms with E-state index in [9.17, 15) is 4.79 Å². The Hall–Kier alpha value is -1.57. The van der Waals surface area contributed by atoms with Crippen LogP contribution in [0.5, 0.6) is 0 Å². The predicted molar refractivity (Wildman–Crippen MR) is 121 cm³/mol. The van der Waals surface area contributed by atoms with Crippen molar-refractivity contribution in [3.8, 4) is 0 Å². The molecule has 3 rings (SSSR count). The largest absolute Gasteiger partial charge is 0.366 e. The molecule has 148 valence electrons. The van der Waals surface area contributed by atoms with Crippen LogP contribution in [0.3, 0.4) is 0 Å². The fourth-order valence-corrected chi connectivity index (χ4v) is 3.84. The smallest absolute Gasteiger partial charge is 0.258 e. The van der Waals surface area contributed by atoms with Gasteiger partial charge in [0.05, 0.1) is 27.0 Å². The number of nitrogens with one attached hydrogen (secondary N) is 2. The number of nitrogens with zero attached hydrogens (tertiary/aromatic N) is 2. The lowest BCUT2D eigenvalue weighted by Gasteiger charge is -2.35. The molecule has 0 saturated carbocycles. The van der Waals surface area contributed by atoms with Crippen molar-refractivity contribution >= 4 is 69.4 Å². The molecule has 28 heavy (non-hydrogen) atoms. The van der Waals surface area contributed by atoms with Crippen LogP contribution in [0, 0.1) is 0 Å². The molecule has 9 heteroatoms. The number of carbonyl (C=O) groups excluding carboxylic acids is 1. The molecule has 5 nitrogen and oxygen atoms in total. The number of likely N-dealkylation sites (N-methyl/N-ethyl adjacent to an activating group) is 1. The van der Waals surface area contributed by atoms with E-state index in [0.29, 0.717) is 15.1 Å². The van der Waals surface area contributed by atoms with Crippen molar-refractivity contribution in [1.29, 1.82) is 0 Å². The van der Waals surface area contributed by atoms with Crippen molar-refractivity contribution in [2.75, 3.05) is 43.4 Å². The molecule has 1 fully saturated rings. The van der Waals surface area contributed by atoms with Crippen molar-refractivity contribution in [3.05, 3.63) is 57.0 Å². The van der Waals surface area contributed by atoms with Gasteiger partial charge in [-0.15, -0.1) is 0 Å². The maximum Gasteiger partial charge on any atom is 0.258 e. The number of thiocarbonyl (C=S) groups is 1. The summed E-state index contributed by atoms with van der Waals surface area (Å²) < 4.78 is 0. The van der Waals surface area contributed by atoms with E-state index < -0.39 is 5.91 Å². The average Bonchev–Trinajstić information content (AvgIpc) is 2.65. The van der Waals surface area contributed by atoms with Crippen LogP contribution in [0.15, 0.2) is 36.4 Å². The summed E-state index contributed by atoms with van der Waals surface area (Å²) in [6.07, 6.45) is 0. The highest BCUT2D eigenvalue weighted by molar-refractivity contribution is 7.80. The normalized spacial score (nSPS) is 14.6. The first kappa shape index (κ1) is 21.1. The zero-order valence-electron chi connectivity index (χ0n) is 15.1. The minimum absolute atomic E-state index is 0.152. The minimum atomic E-state index is -0.437.